The molecule has 2 aromatic carbocycles. The van der Waals surface area contributed by atoms with E-state index in [0.29, 0.717) is 22.4 Å². The molecule has 0 spiro atoms. The van der Waals surface area contributed by atoms with Gasteiger partial charge in [-0.05, 0) is 49.2 Å². The summed E-state index contributed by atoms with van der Waals surface area (Å²) in [6.45, 7) is 3.03. The number of non-ortho nitro benzene ring substituents is 2. The van der Waals surface area contributed by atoms with Gasteiger partial charge in [-0.25, -0.2) is 5.01 Å². The van der Waals surface area contributed by atoms with Crippen LogP contribution in [0.2, 0.25) is 0 Å². The molecule has 2 aromatic rings. The molecule has 0 aliphatic carbocycles. The number of allylic oxidation sites excluding steroid dienone is 1. The summed E-state index contributed by atoms with van der Waals surface area (Å²) in [5.41, 5.74) is 1.56. The molecule has 2 atom stereocenters. The fraction of sp³-hybridized carbons (Fsp3) is 0.211. The number of ketones is 1. The lowest BCUT2D eigenvalue weighted by molar-refractivity contribution is -0.385. The van der Waals surface area contributed by atoms with Crippen LogP contribution in [0.1, 0.15) is 37.2 Å². The number of nitro benzene ring substituents is 2. The van der Waals surface area contributed by atoms with Gasteiger partial charge in [0.1, 0.15) is 12.2 Å². The predicted octanol–water partition coefficient (Wildman–Crippen LogP) is 3.69. The maximum atomic E-state index is 12.3. The first kappa shape index (κ1) is 20.6. The van der Waals surface area contributed by atoms with E-state index >= 15 is 0 Å². The van der Waals surface area contributed by atoms with E-state index < -0.39 is 22.1 Å². The number of hydrogen-bond acceptors (Lipinski definition) is 8. The fourth-order valence-corrected chi connectivity index (χ4v) is 3.50. The van der Waals surface area contributed by atoms with Crippen molar-refractivity contribution in [2.75, 3.05) is 0 Å². The minimum atomic E-state index is -0.887. The van der Waals surface area contributed by atoms with E-state index in [0.717, 1.165) is 5.01 Å². The van der Waals surface area contributed by atoms with E-state index in [-0.39, 0.29) is 17.2 Å². The molecular weight excluding hydrogens is 394 g/mol. The van der Waals surface area contributed by atoms with Gasteiger partial charge in [0, 0.05) is 35.5 Å². The van der Waals surface area contributed by atoms with Gasteiger partial charge in [-0.15, -0.1) is 4.91 Å². The fourth-order valence-electron chi connectivity index (χ4n) is 3.50. The maximum absolute atomic E-state index is 12.3. The number of carbonyl (C=O) groups excluding carboxylic acids is 1. The van der Waals surface area contributed by atoms with Gasteiger partial charge in [0.05, 0.1) is 15.1 Å². The number of nitrogens with zero attached hydrogens (tertiary/aromatic N) is 4. The van der Waals surface area contributed by atoms with Crippen molar-refractivity contribution in [1.29, 1.82) is 0 Å². The molecule has 0 radical (unpaired) electrons. The second-order valence-electron chi connectivity index (χ2n) is 6.70. The summed E-state index contributed by atoms with van der Waals surface area (Å²) in [5.74, 6) is -0.292. The highest BCUT2D eigenvalue weighted by molar-refractivity contribution is 5.95. The van der Waals surface area contributed by atoms with Crippen LogP contribution in [0, 0.1) is 25.1 Å². The number of rotatable bonds is 6. The Balaban J connectivity index is 2.10. The van der Waals surface area contributed by atoms with Crippen LogP contribution in [0.15, 0.2) is 65.1 Å². The lowest BCUT2D eigenvalue weighted by Gasteiger charge is -2.40. The molecule has 0 aromatic heterocycles. The first-order chi connectivity index (χ1) is 14.2. The van der Waals surface area contributed by atoms with E-state index in [2.05, 4.69) is 10.6 Å². The molecule has 3 rings (SSSR count). The molecule has 11 heteroatoms. The summed E-state index contributed by atoms with van der Waals surface area (Å²) < 4.78 is 0. The Bertz CT molecular complexity index is 1050. The third-order valence-electron chi connectivity index (χ3n) is 4.87. The number of nitroso groups, excluding NO2 is 1. The van der Waals surface area contributed by atoms with Gasteiger partial charge in [0.15, 0.2) is 5.78 Å². The molecule has 30 heavy (non-hydrogen) atoms. The van der Waals surface area contributed by atoms with Crippen LogP contribution in [-0.4, -0.2) is 20.6 Å². The van der Waals surface area contributed by atoms with Crippen LogP contribution in [-0.2, 0) is 4.79 Å². The molecule has 0 unspecified atom stereocenters. The molecule has 0 saturated heterocycles. The van der Waals surface area contributed by atoms with Crippen molar-refractivity contribution >= 4 is 17.2 Å². The lowest BCUT2D eigenvalue weighted by Crippen LogP contribution is -2.44. The summed E-state index contributed by atoms with van der Waals surface area (Å²) in [4.78, 5) is 45.0. The number of Topliss-reactive ketones (excluding diaryl/α,β-unsaturated/α-hetero) is 1. The van der Waals surface area contributed by atoms with Crippen molar-refractivity contribution in [2.45, 2.75) is 26.1 Å². The topological polar surface area (TPSA) is 148 Å². The van der Waals surface area contributed by atoms with Gasteiger partial charge >= 0.3 is 0 Å². The number of benzene rings is 2. The highest BCUT2D eigenvalue weighted by Gasteiger charge is 2.39. The van der Waals surface area contributed by atoms with Gasteiger partial charge < -0.3 is 5.32 Å². The number of hydrogen-bond donors (Lipinski definition) is 1. The van der Waals surface area contributed by atoms with Crippen molar-refractivity contribution in [3.63, 3.8) is 0 Å². The second-order valence-corrected chi connectivity index (χ2v) is 6.70. The molecule has 1 heterocycles. The molecule has 154 valence electrons. The third-order valence-corrected chi connectivity index (χ3v) is 4.87. The van der Waals surface area contributed by atoms with E-state index in [9.17, 15) is 29.9 Å². The zero-order valence-corrected chi connectivity index (χ0v) is 16.0. The zero-order valence-electron chi connectivity index (χ0n) is 16.0. The Morgan fingerprint density at radius 2 is 1.43 bits per heavy atom. The molecule has 0 fully saturated rings. The molecule has 0 bridgehead atoms. The van der Waals surface area contributed by atoms with E-state index in [1.54, 1.807) is 6.92 Å². The number of carbonyl (C=O) groups is 1. The minimum Gasteiger partial charge on any atom is -0.363 e. The Hall–Kier alpha value is -4.15. The van der Waals surface area contributed by atoms with Crippen LogP contribution in [0.4, 0.5) is 11.4 Å². The smallest absolute Gasteiger partial charge is 0.269 e. The van der Waals surface area contributed by atoms with E-state index in [4.69, 9.17) is 0 Å². The van der Waals surface area contributed by atoms with Crippen LogP contribution in [0.25, 0.3) is 0 Å². The Morgan fingerprint density at radius 3 is 1.83 bits per heavy atom. The Kier molecular flexibility index (Phi) is 5.54. The second kappa shape index (κ2) is 8.07. The molecular formula is C19H17N5O6. The molecule has 0 saturated carbocycles. The van der Waals surface area contributed by atoms with Crippen LogP contribution >= 0.6 is 0 Å². The maximum Gasteiger partial charge on any atom is 0.269 e. The van der Waals surface area contributed by atoms with Gasteiger partial charge in [0.25, 0.3) is 11.4 Å². The average Bonchev–Trinajstić information content (AvgIpc) is 2.72. The number of nitrogens with one attached hydrogen (secondary N) is 1. The largest absolute Gasteiger partial charge is 0.363 e. The van der Waals surface area contributed by atoms with Gasteiger partial charge in [-0.1, -0.05) is 0 Å². The summed E-state index contributed by atoms with van der Waals surface area (Å²) in [5, 5.41) is 29.2. The SMILES string of the molecule is CC(=O)C1=C(C)N[C@@H](c2ccc([N+](=O)[O-])cc2)N(N=O)[C@H]1c1ccc([N+](=O)[O-])cc1. The summed E-state index contributed by atoms with van der Waals surface area (Å²) in [7, 11) is 0. The lowest BCUT2D eigenvalue weighted by atomic mass is 9.90. The van der Waals surface area contributed by atoms with Crippen molar-refractivity contribution in [3.8, 4) is 0 Å². The molecule has 11 nitrogen and oxygen atoms in total. The van der Waals surface area contributed by atoms with Crippen LogP contribution < -0.4 is 5.32 Å². The quantitative estimate of drug-likeness (QED) is 0.430. The van der Waals surface area contributed by atoms with E-state index in [1.807, 2.05) is 0 Å². The standard InChI is InChI=1S/C19H17N5O6/c1-11-17(12(2)25)18(13-3-7-15(8-4-13)23(27)28)22(21-26)19(20-11)14-5-9-16(10-6-14)24(29)30/h3-10,18-20H,1-2H3/t18-,19+/m0/s1. The predicted molar refractivity (Wildman–Crippen MR) is 106 cm³/mol. The first-order valence-corrected chi connectivity index (χ1v) is 8.83. The highest BCUT2D eigenvalue weighted by atomic mass is 16.6. The van der Waals surface area contributed by atoms with Crippen molar-refractivity contribution in [2.24, 2.45) is 5.29 Å². The molecule has 1 aliphatic rings. The monoisotopic (exact) mass is 411 g/mol. The summed E-state index contributed by atoms with van der Waals surface area (Å²) >= 11 is 0. The zero-order chi connectivity index (χ0) is 22.0. The van der Waals surface area contributed by atoms with Crippen molar-refractivity contribution in [1.82, 2.24) is 10.3 Å². The minimum absolute atomic E-state index is 0.108. The number of nitro groups is 2. The Morgan fingerprint density at radius 1 is 0.967 bits per heavy atom. The van der Waals surface area contributed by atoms with Crippen molar-refractivity contribution in [3.05, 3.63) is 96.1 Å². The summed E-state index contributed by atoms with van der Waals surface area (Å²) in [6, 6.07) is 10.2. The normalized spacial score (nSPS) is 18.5. The molecule has 1 N–H and O–H groups in total. The molecule has 0 amide bonds. The highest BCUT2D eigenvalue weighted by Crippen LogP contribution is 2.41. The van der Waals surface area contributed by atoms with Gasteiger partial charge in [-0.3, -0.25) is 25.0 Å². The van der Waals surface area contributed by atoms with Gasteiger partial charge in [-0.2, -0.15) is 0 Å². The van der Waals surface area contributed by atoms with Crippen molar-refractivity contribution < 1.29 is 14.6 Å². The van der Waals surface area contributed by atoms with Gasteiger partial charge in [0.2, 0.25) is 0 Å². The van der Waals surface area contributed by atoms with Crippen LogP contribution in [0.3, 0.4) is 0 Å². The third kappa shape index (κ3) is 3.72. The first-order valence-electron chi connectivity index (χ1n) is 8.83. The molecule has 1 aliphatic heterocycles. The average molecular weight is 411 g/mol. The van der Waals surface area contributed by atoms with Crippen LogP contribution in [0.5, 0.6) is 0 Å². The Labute approximate surface area is 170 Å². The van der Waals surface area contributed by atoms with E-state index in [1.165, 1.54) is 55.5 Å². The summed E-state index contributed by atoms with van der Waals surface area (Å²) in [6.07, 6.45) is -0.799.